The third kappa shape index (κ3) is 4.92. The van der Waals surface area contributed by atoms with Crippen molar-refractivity contribution in [3.05, 3.63) is 88.9 Å². The fraction of sp³-hybridized carbons (Fsp3) is 0. The van der Waals surface area contributed by atoms with Crippen molar-refractivity contribution in [3.8, 4) is 0 Å². The van der Waals surface area contributed by atoms with Gasteiger partial charge in [-0.3, -0.25) is 9.52 Å². The molecule has 0 heterocycles. The van der Waals surface area contributed by atoms with E-state index >= 15 is 0 Å². The van der Waals surface area contributed by atoms with Crippen LogP contribution in [0.25, 0.3) is 0 Å². The van der Waals surface area contributed by atoms with E-state index in [0.717, 1.165) is 6.07 Å². The van der Waals surface area contributed by atoms with Crippen LogP contribution in [-0.2, 0) is 10.0 Å². The van der Waals surface area contributed by atoms with Gasteiger partial charge in [0.25, 0.3) is 15.9 Å². The summed E-state index contributed by atoms with van der Waals surface area (Å²) < 4.78 is 27.7. The smallest absolute Gasteiger partial charge is 0.335 e. The van der Waals surface area contributed by atoms with Crippen molar-refractivity contribution in [2.45, 2.75) is 4.90 Å². The molecule has 0 saturated carbocycles. The lowest BCUT2D eigenvalue weighted by Gasteiger charge is -2.13. The quantitative estimate of drug-likeness (QED) is 0.545. The van der Waals surface area contributed by atoms with Gasteiger partial charge in [0.1, 0.15) is 0 Å². The van der Waals surface area contributed by atoms with Gasteiger partial charge in [-0.25, -0.2) is 13.2 Å². The number of para-hydroxylation sites is 1. The average Bonchev–Trinajstić information content (AvgIpc) is 2.70. The number of anilines is 2. The summed E-state index contributed by atoms with van der Waals surface area (Å²) in [5, 5.41) is 12.2. The van der Waals surface area contributed by atoms with Gasteiger partial charge in [-0.15, -0.1) is 0 Å². The predicted molar refractivity (Wildman–Crippen MR) is 110 cm³/mol. The Morgan fingerprint density at radius 2 is 1.59 bits per heavy atom. The van der Waals surface area contributed by atoms with Gasteiger partial charge in [-0.1, -0.05) is 29.8 Å². The number of carboxylic acids is 1. The van der Waals surface area contributed by atoms with Gasteiger partial charge in [0.2, 0.25) is 0 Å². The molecule has 3 N–H and O–H groups in total. The van der Waals surface area contributed by atoms with Crippen molar-refractivity contribution < 1.29 is 23.1 Å². The third-order valence-electron chi connectivity index (χ3n) is 3.91. The Morgan fingerprint density at radius 3 is 2.28 bits per heavy atom. The number of hydrogen-bond acceptors (Lipinski definition) is 4. The molecule has 3 aromatic rings. The number of nitrogens with one attached hydrogen (secondary N) is 2. The Labute approximate surface area is 172 Å². The normalized spacial score (nSPS) is 10.9. The maximum absolute atomic E-state index is 12.7. The molecule has 0 aromatic heterocycles. The van der Waals surface area contributed by atoms with Gasteiger partial charge < -0.3 is 10.4 Å². The summed E-state index contributed by atoms with van der Waals surface area (Å²) in [5.41, 5.74) is 0.480. The van der Waals surface area contributed by atoms with Crippen molar-refractivity contribution >= 4 is 44.9 Å². The van der Waals surface area contributed by atoms with Crippen LogP contribution in [-0.4, -0.2) is 25.4 Å². The molecule has 0 bridgehead atoms. The number of sulfonamides is 1. The lowest BCUT2D eigenvalue weighted by atomic mass is 10.1. The SMILES string of the molecule is O=C(O)c1cccc(S(=O)(=O)Nc2ccccc2C(=O)Nc2ccc(Cl)cc2)c1. The standard InChI is InChI=1S/C20H15ClN2O5S/c21-14-8-10-15(11-9-14)22-19(24)17-6-1-2-7-18(17)23-29(27,28)16-5-3-4-13(12-16)20(25)26/h1-12,23H,(H,22,24)(H,25,26). The molecular formula is C20H15ClN2O5S. The Hall–Kier alpha value is -3.36. The second-order valence-electron chi connectivity index (χ2n) is 5.95. The lowest BCUT2D eigenvalue weighted by Crippen LogP contribution is -2.19. The fourth-order valence-corrected chi connectivity index (χ4v) is 3.75. The minimum Gasteiger partial charge on any atom is -0.478 e. The molecule has 0 fully saturated rings. The summed E-state index contributed by atoms with van der Waals surface area (Å²) in [4.78, 5) is 23.5. The van der Waals surface area contributed by atoms with Gasteiger partial charge in [-0.05, 0) is 54.6 Å². The number of carbonyl (C=O) groups excluding carboxylic acids is 1. The van der Waals surface area contributed by atoms with Crippen LogP contribution in [0.1, 0.15) is 20.7 Å². The zero-order valence-electron chi connectivity index (χ0n) is 14.8. The number of benzene rings is 3. The highest BCUT2D eigenvalue weighted by atomic mass is 35.5. The molecule has 0 unspecified atom stereocenters. The van der Waals surface area contributed by atoms with Crippen LogP contribution >= 0.6 is 11.6 Å². The molecule has 0 aliphatic heterocycles. The second-order valence-corrected chi connectivity index (χ2v) is 8.06. The number of carbonyl (C=O) groups is 2. The minimum atomic E-state index is -4.11. The highest BCUT2D eigenvalue weighted by molar-refractivity contribution is 7.92. The maximum atomic E-state index is 12.7. The summed E-state index contributed by atoms with van der Waals surface area (Å²) >= 11 is 5.83. The van der Waals surface area contributed by atoms with Gasteiger partial charge in [-0.2, -0.15) is 0 Å². The van der Waals surface area contributed by atoms with Crippen molar-refractivity contribution in [1.29, 1.82) is 0 Å². The second kappa shape index (κ2) is 8.34. The van der Waals surface area contributed by atoms with Crippen LogP contribution in [0.4, 0.5) is 11.4 Å². The summed E-state index contributed by atoms with van der Waals surface area (Å²) in [6.45, 7) is 0. The van der Waals surface area contributed by atoms with Gasteiger partial charge in [0.05, 0.1) is 21.7 Å². The molecule has 9 heteroatoms. The molecule has 0 radical (unpaired) electrons. The van der Waals surface area contributed by atoms with E-state index in [9.17, 15) is 18.0 Å². The van der Waals surface area contributed by atoms with Gasteiger partial charge in [0.15, 0.2) is 0 Å². The molecule has 29 heavy (non-hydrogen) atoms. The molecule has 0 saturated heterocycles. The van der Waals surface area contributed by atoms with E-state index in [1.54, 1.807) is 36.4 Å². The van der Waals surface area contributed by atoms with E-state index in [4.69, 9.17) is 16.7 Å². The molecule has 148 valence electrons. The van der Waals surface area contributed by atoms with Crippen LogP contribution in [0.2, 0.25) is 5.02 Å². The molecule has 0 aliphatic carbocycles. The predicted octanol–water partition coefficient (Wildman–Crippen LogP) is 4.09. The molecule has 3 rings (SSSR count). The first kappa shape index (κ1) is 20.4. The fourth-order valence-electron chi connectivity index (χ4n) is 2.50. The zero-order valence-corrected chi connectivity index (χ0v) is 16.4. The summed E-state index contributed by atoms with van der Waals surface area (Å²) in [6.07, 6.45) is 0. The number of rotatable bonds is 6. The summed E-state index contributed by atoms with van der Waals surface area (Å²) in [7, 11) is -4.11. The maximum Gasteiger partial charge on any atom is 0.335 e. The van der Waals surface area contributed by atoms with Crippen molar-refractivity contribution in [1.82, 2.24) is 0 Å². The minimum absolute atomic E-state index is 0.0553. The van der Waals surface area contributed by atoms with Crippen LogP contribution < -0.4 is 10.0 Å². The zero-order chi connectivity index (χ0) is 21.0. The van der Waals surface area contributed by atoms with E-state index in [-0.39, 0.29) is 21.7 Å². The number of carboxylic acid groups (broad SMARTS) is 1. The van der Waals surface area contributed by atoms with Gasteiger partial charge >= 0.3 is 5.97 Å². The third-order valence-corrected chi connectivity index (χ3v) is 5.52. The van der Waals surface area contributed by atoms with E-state index in [2.05, 4.69) is 10.0 Å². The lowest BCUT2D eigenvalue weighted by molar-refractivity contribution is 0.0696. The highest BCUT2D eigenvalue weighted by Crippen LogP contribution is 2.22. The van der Waals surface area contributed by atoms with Crippen LogP contribution in [0, 0.1) is 0 Å². The van der Waals surface area contributed by atoms with Crippen molar-refractivity contribution in [2.24, 2.45) is 0 Å². The summed E-state index contributed by atoms with van der Waals surface area (Å²) in [5.74, 6) is -1.77. The largest absolute Gasteiger partial charge is 0.478 e. The van der Waals surface area contributed by atoms with E-state index < -0.39 is 21.9 Å². The van der Waals surface area contributed by atoms with Crippen LogP contribution in [0.5, 0.6) is 0 Å². The van der Waals surface area contributed by atoms with E-state index in [1.165, 1.54) is 30.3 Å². The summed E-state index contributed by atoms with van der Waals surface area (Å²) in [6, 6.07) is 17.5. The molecule has 3 aromatic carbocycles. The number of halogens is 1. The van der Waals surface area contributed by atoms with E-state index in [1.807, 2.05) is 0 Å². The molecular weight excluding hydrogens is 416 g/mol. The van der Waals surface area contributed by atoms with E-state index in [0.29, 0.717) is 10.7 Å². The van der Waals surface area contributed by atoms with Crippen molar-refractivity contribution in [3.63, 3.8) is 0 Å². The molecule has 7 nitrogen and oxygen atoms in total. The first-order chi connectivity index (χ1) is 13.8. The first-order valence-electron chi connectivity index (χ1n) is 8.28. The highest BCUT2D eigenvalue weighted by Gasteiger charge is 2.20. The Kier molecular flexibility index (Phi) is 5.86. The van der Waals surface area contributed by atoms with Crippen LogP contribution in [0.15, 0.2) is 77.7 Å². The van der Waals surface area contributed by atoms with Gasteiger partial charge in [0, 0.05) is 10.7 Å². The average molecular weight is 431 g/mol. The molecule has 0 atom stereocenters. The monoisotopic (exact) mass is 430 g/mol. The van der Waals surface area contributed by atoms with Crippen molar-refractivity contribution in [2.75, 3.05) is 10.0 Å². The Balaban J connectivity index is 1.88. The Bertz CT molecular complexity index is 1180. The first-order valence-corrected chi connectivity index (χ1v) is 10.1. The number of aromatic carboxylic acids is 1. The number of hydrogen-bond donors (Lipinski definition) is 3. The Morgan fingerprint density at radius 1 is 0.897 bits per heavy atom. The molecule has 1 amide bonds. The molecule has 0 spiro atoms. The number of amides is 1. The topological polar surface area (TPSA) is 113 Å². The molecule has 0 aliphatic rings. The van der Waals surface area contributed by atoms with Crippen LogP contribution in [0.3, 0.4) is 0 Å².